The number of piperidine rings is 1. The molecular weight excluding hydrogens is 288 g/mol. The highest BCUT2D eigenvalue weighted by Gasteiger charge is 2.44. The van der Waals surface area contributed by atoms with Crippen LogP contribution in [0.3, 0.4) is 0 Å². The zero-order chi connectivity index (χ0) is 16.6. The van der Waals surface area contributed by atoms with E-state index in [9.17, 15) is 4.79 Å². The second-order valence-electron chi connectivity index (χ2n) is 8.28. The molecule has 5 heteroatoms. The Kier molecular flexibility index (Phi) is 4.47. The van der Waals surface area contributed by atoms with Gasteiger partial charge in [-0.3, -0.25) is 4.79 Å². The quantitative estimate of drug-likeness (QED) is 0.857. The summed E-state index contributed by atoms with van der Waals surface area (Å²) in [5.41, 5.74) is 1.08. The van der Waals surface area contributed by atoms with Gasteiger partial charge in [-0.1, -0.05) is 39.3 Å². The number of aromatic nitrogens is 3. The van der Waals surface area contributed by atoms with Gasteiger partial charge in [0, 0.05) is 30.6 Å². The summed E-state index contributed by atoms with van der Waals surface area (Å²) in [6.45, 7) is 10.4. The van der Waals surface area contributed by atoms with Crippen molar-refractivity contribution in [3.05, 3.63) is 11.9 Å². The average molecular weight is 318 g/mol. The van der Waals surface area contributed by atoms with Gasteiger partial charge >= 0.3 is 0 Å². The molecule has 1 saturated carbocycles. The van der Waals surface area contributed by atoms with Gasteiger partial charge in [-0.25, -0.2) is 4.68 Å². The summed E-state index contributed by atoms with van der Waals surface area (Å²) in [4.78, 5) is 14.6. The van der Waals surface area contributed by atoms with Crippen LogP contribution in [0.25, 0.3) is 0 Å². The molecule has 0 unspecified atom stereocenters. The van der Waals surface area contributed by atoms with Crippen LogP contribution in [-0.2, 0) is 10.2 Å². The number of likely N-dealkylation sites (tertiary alicyclic amines) is 1. The summed E-state index contributed by atoms with van der Waals surface area (Å²) >= 11 is 0. The molecule has 23 heavy (non-hydrogen) atoms. The van der Waals surface area contributed by atoms with Crippen LogP contribution in [0.5, 0.6) is 0 Å². The van der Waals surface area contributed by atoms with E-state index >= 15 is 0 Å². The number of nitrogens with zero attached hydrogens (tertiary/aromatic N) is 4. The van der Waals surface area contributed by atoms with Crippen molar-refractivity contribution in [1.29, 1.82) is 0 Å². The van der Waals surface area contributed by atoms with Gasteiger partial charge in [-0.15, -0.1) is 5.10 Å². The molecule has 1 amide bonds. The van der Waals surface area contributed by atoms with Crippen molar-refractivity contribution in [3.63, 3.8) is 0 Å². The highest BCUT2D eigenvalue weighted by Crippen LogP contribution is 2.43. The number of carbonyl (C=O) groups is 1. The van der Waals surface area contributed by atoms with Gasteiger partial charge in [0.15, 0.2) is 0 Å². The van der Waals surface area contributed by atoms with Gasteiger partial charge in [0.2, 0.25) is 5.91 Å². The van der Waals surface area contributed by atoms with E-state index in [0.29, 0.717) is 23.8 Å². The van der Waals surface area contributed by atoms with Gasteiger partial charge in [0.25, 0.3) is 0 Å². The molecule has 1 aliphatic heterocycles. The smallest absolute Gasteiger partial charge is 0.225 e. The van der Waals surface area contributed by atoms with E-state index in [1.807, 2.05) is 4.68 Å². The fourth-order valence-corrected chi connectivity index (χ4v) is 3.62. The largest absolute Gasteiger partial charge is 0.342 e. The van der Waals surface area contributed by atoms with Crippen LogP contribution in [0.15, 0.2) is 6.20 Å². The molecular formula is C18H30N4O. The molecule has 0 spiro atoms. The number of hydrogen-bond acceptors (Lipinski definition) is 3. The van der Waals surface area contributed by atoms with E-state index < -0.39 is 0 Å². The predicted octanol–water partition coefficient (Wildman–Crippen LogP) is 3.18. The van der Waals surface area contributed by atoms with E-state index in [1.165, 1.54) is 12.8 Å². The molecule has 2 atom stereocenters. The monoisotopic (exact) mass is 318 g/mol. The van der Waals surface area contributed by atoms with Crippen molar-refractivity contribution in [2.45, 2.75) is 71.3 Å². The Labute approximate surface area is 139 Å². The highest BCUT2D eigenvalue weighted by molar-refractivity contribution is 5.81. The Balaban J connectivity index is 1.53. The van der Waals surface area contributed by atoms with Gasteiger partial charge < -0.3 is 4.90 Å². The van der Waals surface area contributed by atoms with Gasteiger partial charge in [0.05, 0.1) is 11.7 Å². The summed E-state index contributed by atoms with van der Waals surface area (Å²) < 4.78 is 2.01. The first-order chi connectivity index (χ1) is 10.9. The van der Waals surface area contributed by atoms with Gasteiger partial charge in [-0.05, 0) is 31.6 Å². The minimum absolute atomic E-state index is 0.0369. The fourth-order valence-electron chi connectivity index (χ4n) is 3.62. The van der Waals surface area contributed by atoms with E-state index in [1.54, 1.807) is 0 Å². The molecule has 1 aromatic rings. The van der Waals surface area contributed by atoms with E-state index in [2.05, 4.69) is 49.1 Å². The Morgan fingerprint density at radius 3 is 2.57 bits per heavy atom. The van der Waals surface area contributed by atoms with Crippen LogP contribution in [0.1, 0.15) is 71.5 Å². The van der Waals surface area contributed by atoms with Crippen LogP contribution in [0, 0.1) is 11.8 Å². The van der Waals surface area contributed by atoms with Crippen LogP contribution < -0.4 is 0 Å². The highest BCUT2D eigenvalue weighted by atomic mass is 16.2. The Morgan fingerprint density at radius 1 is 1.30 bits per heavy atom. The second kappa shape index (κ2) is 6.25. The average Bonchev–Trinajstić information content (AvgIpc) is 3.09. The molecule has 2 aliphatic rings. The first-order valence-electron chi connectivity index (χ1n) is 9.11. The van der Waals surface area contributed by atoms with Gasteiger partial charge in [0.1, 0.15) is 0 Å². The SMILES string of the molecule is CCC[C@H]1C[C@H]1C(=O)N1CCC(n2cc(C(C)(C)C)nn2)CC1. The van der Waals surface area contributed by atoms with Crippen molar-refractivity contribution in [2.24, 2.45) is 11.8 Å². The van der Waals surface area contributed by atoms with Crippen molar-refractivity contribution in [2.75, 3.05) is 13.1 Å². The molecule has 3 rings (SSSR count). The minimum Gasteiger partial charge on any atom is -0.342 e. The van der Waals surface area contributed by atoms with Crippen molar-refractivity contribution >= 4 is 5.91 Å². The van der Waals surface area contributed by atoms with Crippen LogP contribution in [0.2, 0.25) is 0 Å². The maximum absolute atomic E-state index is 12.5. The molecule has 2 fully saturated rings. The third-order valence-corrected chi connectivity index (χ3v) is 5.33. The fraction of sp³-hybridized carbons (Fsp3) is 0.833. The Hall–Kier alpha value is -1.39. The third-order valence-electron chi connectivity index (χ3n) is 5.33. The van der Waals surface area contributed by atoms with Crippen LogP contribution in [-0.4, -0.2) is 38.9 Å². The maximum atomic E-state index is 12.5. The zero-order valence-corrected chi connectivity index (χ0v) is 15.0. The summed E-state index contributed by atoms with van der Waals surface area (Å²) in [6, 6.07) is 0.383. The van der Waals surface area contributed by atoms with Gasteiger partial charge in [-0.2, -0.15) is 0 Å². The molecule has 1 saturated heterocycles. The summed E-state index contributed by atoms with van der Waals surface area (Å²) in [7, 11) is 0. The van der Waals surface area contributed by atoms with E-state index in [-0.39, 0.29) is 5.41 Å². The zero-order valence-electron chi connectivity index (χ0n) is 15.0. The van der Waals surface area contributed by atoms with Crippen molar-refractivity contribution < 1.29 is 4.79 Å². The number of hydrogen-bond donors (Lipinski definition) is 0. The molecule has 0 radical (unpaired) electrons. The molecule has 128 valence electrons. The third kappa shape index (κ3) is 3.59. The van der Waals surface area contributed by atoms with Crippen LogP contribution >= 0.6 is 0 Å². The van der Waals surface area contributed by atoms with Crippen molar-refractivity contribution in [1.82, 2.24) is 19.9 Å². The molecule has 0 bridgehead atoms. The van der Waals surface area contributed by atoms with E-state index in [0.717, 1.165) is 38.0 Å². The van der Waals surface area contributed by atoms with Crippen molar-refractivity contribution in [3.8, 4) is 0 Å². The standard InChI is InChI=1S/C18H30N4O/c1-5-6-13-11-15(13)17(23)21-9-7-14(8-10-21)22-12-16(19-20-22)18(2,3)4/h12-15H,5-11H2,1-4H3/t13-,15+/m0/s1. The Morgan fingerprint density at radius 2 is 2.00 bits per heavy atom. The second-order valence-corrected chi connectivity index (χ2v) is 8.28. The molecule has 2 heterocycles. The minimum atomic E-state index is 0.0369. The lowest BCUT2D eigenvalue weighted by molar-refractivity contribution is -0.134. The lowest BCUT2D eigenvalue weighted by Gasteiger charge is -2.32. The number of amides is 1. The maximum Gasteiger partial charge on any atom is 0.225 e. The first kappa shape index (κ1) is 16.5. The summed E-state index contributed by atoms with van der Waals surface area (Å²) in [5, 5.41) is 8.64. The Bertz CT molecular complexity index is 552. The first-order valence-corrected chi connectivity index (χ1v) is 9.11. The molecule has 5 nitrogen and oxygen atoms in total. The molecule has 0 N–H and O–H groups in total. The predicted molar refractivity (Wildman–Crippen MR) is 90.1 cm³/mol. The van der Waals surface area contributed by atoms with Crippen LogP contribution in [0.4, 0.5) is 0 Å². The lowest BCUT2D eigenvalue weighted by atomic mass is 9.93. The summed E-state index contributed by atoms with van der Waals surface area (Å²) in [6.07, 6.45) is 7.58. The lowest BCUT2D eigenvalue weighted by Crippen LogP contribution is -2.40. The molecule has 0 aromatic carbocycles. The normalized spacial score (nSPS) is 25.7. The number of carbonyl (C=O) groups excluding carboxylic acids is 1. The molecule has 1 aromatic heterocycles. The molecule has 1 aliphatic carbocycles. The topological polar surface area (TPSA) is 51.0 Å². The van der Waals surface area contributed by atoms with E-state index in [4.69, 9.17) is 0 Å². The summed E-state index contributed by atoms with van der Waals surface area (Å²) in [5.74, 6) is 1.39. The number of rotatable bonds is 4.